The van der Waals surface area contributed by atoms with Gasteiger partial charge in [-0.3, -0.25) is 4.79 Å². The van der Waals surface area contributed by atoms with Crippen molar-refractivity contribution in [3.8, 4) is 5.75 Å². The normalized spacial score (nSPS) is 11.5. The SMILES string of the molecule is Cc1noc(C)c1COc1ccc(CC(=O)N(Cc2ccco2)CC(F)(F)F)cc1. The van der Waals surface area contributed by atoms with Crippen LogP contribution in [0, 0.1) is 13.8 Å². The summed E-state index contributed by atoms with van der Waals surface area (Å²) in [4.78, 5) is 13.2. The number of hydrogen-bond donors (Lipinski definition) is 0. The molecular weight excluding hydrogens is 401 g/mol. The van der Waals surface area contributed by atoms with E-state index >= 15 is 0 Å². The molecule has 0 radical (unpaired) electrons. The largest absolute Gasteiger partial charge is 0.489 e. The van der Waals surface area contributed by atoms with E-state index in [9.17, 15) is 18.0 Å². The monoisotopic (exact) mass is 422 g/mol. The number of benzene rings is 1. The fourth-order valence-corrected chi connectivity index (χ4v) is 2.89. The zero-order valence-electron chi connectivity index (χ0n) is 16.5. The molecule has 0 spiro atoms. The van der Waals surface area contributed by atoms with Crippen LogP contribution < -0.4 is 4.74 Å². The summed E-state index contributed by atoms with van der Waals surface area (Å²) >= 11 is 0. The predicted octanol–water partition coefficient (Wildman–Crippen LogP) is 4.60. The molecule has 0 fully saturated rings. The number of hydrogen-bond acceptors (Lipinski definition) is 5. The van der Waals surface area contributed by atoms with Gasteiger partial charge in [-0.1, -0.05) is 17.3 Å². The van der Waals surface area contributed by atoms with E-state index < -0.39 is 18.6 Å². The Balaban J connectivity index is 1.61. The number of aryl methyl sites for hydroxylation is 2. The number of carbonyl (C=O) groups is 1. The number of furan rings is 1. The molecule has 0 unspecified atom stereocenters. The Labute approximate surface area is 171 Å². The molecule has 0 aliphatic heterocycles. The van der Waals surface area contributed by atoms with Gasteiger partial charge >= 0.3 is 6.18 Å². The molecule has 1 aromatic carbocycles. The van der Waals surface area contributed by atoms with E-state index in [2.05, 4.69) is 5.16 Å². The first-order chi connectivity index (χ1) is 14.2. The molecule has 0 saturated heterocycles. The van der Waals surface area contributed by atoms with Gasteiger partial charge in [0, 0.05) is 0 Å². The molecule has 0 saturated carbocycles. The number of aromatic nitrogens is 1. The summed E-state index contributed by atoms with van der Waals surface area (Å²) in [5, 5.41) is 3.86. The van der Waals surface area contributed by atoms with E-state index in [0.717, 1.165) is 16.2 Å². The summed E-state index contributed by atoms with van der Waals surface area (Å²) in [5.41, 5.74) is 2.18. The number of alkyl halides is 3. The van der Waals surface area contributed by atoms with Crippen LogP contribution in [0.2, 0.25) is 0 Å². The third kappa shape index (κ3) is 5.88. The van der Waals surface area contributed by atoms with Crippen LogP contribution in [-0.2, 0) is 24.4 Å². The number of rotatable bonds is 8. The summed E-state index contributed by atoms with van der Waals surface area (Å²) < 4.78 is 54.5. The molecule has 2 heterocycles. The van der Waals surface area contributed by atoms with Gasteiger partial charge in [0.25, 0.3) is 0 Å². The highest BCUT2D eigenvalue weighted by Gasteiger charge is 2.33. The van der Waals surface area contributed by atoms with Gasteiger partial charge in [0.1, 0.15) is 30.4 Å². The maximum Gasteiger partial charge on any atom is 0.406 e. The Bertz CT molecular complexity index is 944. The van der Waals surface area contributed by atoms with Crippen molar-refractivity contribution < 1.29 is 31.6 Å². The molecule has 0 bridgehead atoms. The van der Waals surface area contributed by atoms with Crippen LogP contribution in [0.3, 0.4) is 0 Å². The average molecular weight is 422 g/mol. The molecule has 6 nitrogen and oxygen atoms in total. The molecule has 9 heteroatoms. The summed E-state index contributed by atoms with van der Waals surface area (Å²) in [6.07, 6.45) is -3.31. The summed E-state index contributed by atoms with van der Waals surface area (Å²) in [7, 11) is 0. The van der Waals surface area contributed by atoms with Crippen LogP contribution in [-0.4, -0.2) is 28.7 Å². The van der Waals surface area contributed by atoms with Gasteiger partial charge in [-0.25, -0.2) is 0 Å². The van der Waals surface area contributed by atoms with E-state index in [1.165, 1.54) is 12.3 Å². The second-order valence-corrected chi connectivity index (χ2v) is 6.86. The van der Waals surface area contributed by atoms with Crippen molar-refractivity contribution in [2.45, 2.75) is 39.6 Å². The van der Waals surface area contributed by atoms with Gasteiger partial charge in [0.2, 0.25) is 5.91 Å². The van der Waals surface area contributed by atoms with E-state index in [1.54, 1.807) is 37.3 Å². The highest BCUT2D eigenvalue weighted by molar-refractivity contribution is 5.78. The summed E-state index contributed by atoms with van der Waals surface area (Å²) in [6.45, 7) is 2.30. The fraction of sp³-hybridized carbons (Fsp3) is 0.333. The Morgan fingerprint density at radius 1 is 1.17 bits per heavy atom. The lowest BCUT2D eigenvalue weighted by Crippen LogP contribution is -2.39. The first kappa shape index (κ1) is 21.5. The number of halogens is 3. The van der Waals surface area contributed by atoms with Gasteiger partial charge in [-0.15, -0.1) is 0 Å². The molecule has 160 valence electrons. The smallest absolute Gasteiger partial charge is 0.406 e. The number of nitrogens with zero attached hydrogens (tertiary/aromatic N) is 2. The Hall–Kier alpha value is -3.23. The number of amides is 1. The second-order valence-electron chi connectivity index (χ2n) is 6.86. The number of ether oxygens (including phenoxy) is 1. The highest BCUT2D eigenvalue weighted by atomic mass is 19.4. The van der Waals surface area contributed by atoms with Crippen molar-refractivity contribution in [3.63, 3.8) is 0 Å². The van der Waals surface area contributed by atoms with Crippen molar-refractivity contribution >= 4 is 5.91 Å². The van der Waals surface area contributed by atoms with Crippen LogP contribution >= 0.6 is 0 Å². The molecule has 3 rings (SSSR count). The van der Waals surface area contributed by atoms with Crippen molar-refractivity contribution in [2.24, 2.45) is 0 Å². The van der Waals surface area contributed by atoms with Crippen LogP contribution in [0.15, 0.2) is 51.6 Å². The predicted molar refractivity (Wildman–Crippen MR) is 101 cm³/mol. The molecule has 2 aromatic heterocycles. The van der Waals surface area contributed by atoms with Crippen LogP contribution in [0.4, 0.5) is 13.2 Å². The summed E-state index contributed by atoms with van der Waals surface area (Å²) in [5.74, 6) is 0.883. The minimum absolute atomic E-state index is 0.166. The Kier molecular flexibility index (Phi) is 6.49. The zero-order chi connectivity index (χ0) is 21.7. The third-order valence-corrected chi connectivity index (χ3v) is 4.49. The lowest BCUT2D eigenvalue weighted by molar-refractivity contribution is -0.162. The molecule has 1 amide bonds. The summed E-state index contributed by atoms with van der Waals surface area (Å²) in [6, 6.07) is 9.73. The second kappa shape index (κ2) is 9.06. The van der Waals surface area contributed by atoms with Crippen molar-refractivity contribution in [1.29, 1.82) is 0 Å². The quantitative estimate of drug-likeness (QED) is 0.531. The van der Waals surface area contributed by atoms with Gasteiger partial charge < -0.3 is 18.6 Å². The molecule has 0 aliphatic carbocycles. The molecular formula is C21H21F3N2O4. The van der Waals surface area contributed by atoms with E-state index in [-0.39, 0.29) is 25.3 Å². The molecule has 0 aliphatic rings. The maximum absolute atomic E-state index is 12.9. The molecule has 30 heavy (non-hydrogen) atoms. The van der Waals surface area contributed by atoms with Gasteiger partial charge in [0.05, 0.1) is 30.5 Å². The fourth-order valence-electron chi connectivity index (χ4n) is 2.89. The minimum Gasteiger partial charge on any atom is -0.489 e. The zero-order valence-corrected chi connectivity index (χ0v) is 16.5. The first-order valence-corrected chi connectivity index (χ1v) is 9.21. The van der Waals surface area contributed by atoms with Crippen molar-refractivity contribution in [1.82, 2.24) is 10.1 Å². The number of carbonyl (C=O) groups excluding carboxylic acids is 1. The Morgan fingerprint density at radius 3 is 2.47 bits per heavy atom. The standard InChI is InChI=1S/C21H21F3N2O4/c1-14-19(15(2)30-25-14)12-29-17-7-5-16(6-8-17)10-20(27)26(13-21(22,23)24)11-18-4-3-9-28-18/h3-9H,10-13H2,1-2H3. The van der Waals surface area contributed by atoms with Crippen LogP contribution in [0.1, 0.15) is 28.3 Å². The van der Waals surface area contributed by atoms with Crippen molar-refractivity contribution in [3.05, 3.63) is 71.0 Å². The average Bonchev–Trinajstić information content (AvgIpc) is 3.30. The lowest BCUT2D eigenvalue weighted by Gasteiger charge is -2.23. The minimum atomic E-state index is -4.50. The topological polar surface area (TPSA) is 68.7 Å². The van der Waals surface area contributed by atoms with Gasteiger partial charge in [-0.2, -0.15) is 13.2 Å². The molecule has 3 aromatic rings. The maximum atomic E-state index is 12.9. The highest BCUT2D eigenvalue weighted by Crippen LogP contribution is 2.21. The van der Waals surface area contributed by atoms with Crippen molar-refractivity contribution in [2.75, 3.05) is 6.54 Å². The lowest BCUT2D eigenvalue weighted by atomic mass is 10.1. The van der Waals surface area contributed by atoms with Crippen LogP contribution in [0.5, 0.6) is 5.75 Å². The third-order valence-electron chi connectivity index (χ3n) is 4.49. The van der Waals surface area contributed by atoms with Crippen LogP contribution in [0.25, 0.3) is 0 Å². The first-order valence-electron chi connectivity index (χ1n) is 9.21. The molecule has 0 N–H and O–H groups in total. The van der Waals surface area contributed by atoms with Gasteiger partial charge in [-0.05, 0) is 43.7 Å². The van der Waals surface area contributed by atoms with E-state index in [0.29, 0.717) is 17.1 Å². The Morgan fingerprint density at radius 2 is 1.90 bits per heavy atom. The van der Waals surface area contributed by atoms with Gasteiger partial charge in [0.15, 0.2) is 0 Å². The van der Waals surface area contributed by atoms with E-state index in [1.807, 2.05) is 6.92 Å². The molecule has 0 atom stereocenters. The van der Waals surface area contributed by atoms with E-state index in [4.69, 9.17) is 13.7 Å².